The van der Waals surface area contributed by atoms with Gasteiger partial charge < -0.3 is 19.1 Å². The summed E-state index contributed by atoms with van der Waals surface area (Å²) in [4.78, 5) is 27.8. The van der Waals surface area contributed by atoms with Crippen LogP contribution in [0.5, 0.6) is 5.75 Å². The molecule has 0 unspecified atom stereocenters. The molecule has 2 aromatic rings. The Morgan fingerprint density at radius 1 is 0.906 bits per heavy atom. The lowest BCUT2D eigenvalue weighted by Crippen LogP contribution is -2.29. The summed E-state index contributed by atoms with van der Waals surface area (Å²) >= 11 is 6.00. The molecule has 0 fully saturated rings. The molecule has 32 heavy (non-hydrogen) atoms. The second kappa shape index (κ2) is 10.9. The number of carbonyl (C=O) groups excluding carboxylic acids is 2. The Morgan fingerprint density at radius 3 is 2.00 bits per heavy atom. The SMILES string of the molecule is CCOC(=O)C1=CN(Cc2ccc(Cl)cc2)C=C(C(=O)OCC)C1c1ccccc1OC. The van der Waals surface area contributed by atoms with E-state index in [9.17, 15) is 9.59 Å². The molecule has 1 aliphatic heterocycles. The standard InChI is InChI=1S/C25H26ClNO5/c1-4-31-24(28)20-15-27(14-17-10-12-18(26)13-11-17)16-21(25(29)32-5-2)23(20)19-8-6-7-9-22(19)30-3/h6-13,15-16,23H,4-5,14H2,1-3H3. The van der Waals surface area contributed by atoms with Gasteiger partial charge in [-0.1, -0.05) is 41.9 Å². The maximum atomic E-state index is 13.0. The van der Waals surface area contributed by atoms with Crippen LogP contribution in [0.25, 0.3) is 0 Å². The first-order chi connectivity index (χ1) is 15.5. The molecule has 1 heterocycles. The fourth-order valence-electron chi connectivity index (χ4n) is 3.61. The number of ether oxygens (including phenoxy) is 3. The summed E-state index contributed by atoms with van der Waals surface area (Å²) in [5.74, 6) is -1.13. The number of carbonyl (C=O) groups is 2. The first-order valence-electron chi connectivity index (χ1n) is 10.4. The quantitative estimate of drug-likeness (QED) is 0.530. The third-order valence-corrected chi connectivity index (χ3v) is 5.23. The van der Waals surface area contributed by atoms with Crippen LogP contribution >= 0.6 is 11.6 Å². The first-order valence-corrected chi connectivity index (χ1v) is 10.8. The van der Waals surface area contributed by atoms with E-state index in [0.29, 0.717) is 34.0 Å². The highest BCUT2D eigenvalue weighted by molar-refractivity contribution is 6.30. The highest BCUT2D eigenvalue weighted by atomic mass is 35.5. The number of esters is 2. The zero-order valence-electron chi connectivity index (χ0n) is 18.3. The average Bonchev–Trinajstić information content (AvgIpc) is 2.80. The minimum atomic E-state index is -0.689. The maximum absolute atomic E-state index is 13.0. The molecular formula is C25H26ClNO5. The number of methoxy groups -OCH3 is 1. The molecular weight excluding hydrogens is 430 g/mol. The van der Waals surface area contributed by atoms with Gasteiger partial charge in [0, 0.05) is 29.5 Å². The smallest absolute Gasteiger partial charge is 0.336 e. The molecule has 6 nitrogen and oxygen atoms in total. The number of hydrogen-bond acceptors (Lipinski definition) is 6. The second-order valence-corrected chi connectivity index (χ2v) is 7.52. The van der Waals surface area contributed by atoms with Crippen LogP contribution < -0.4 is 4.74 Å². The normalized spacial score (nSPS) is 13.8. The van der Waals surface area contributed by atoms with E-state index in [1.165, 1.54) is 0 Å². The van der Waals surface area contributed by atoms with Crippen LogP contribution in [-0.2, 0) is 25.6 Å². The number of halogens is 1. The number of rotatable bonds is 8. The number of para-hydroxylation sites is 1. The summed E-state index contributed by atoms with van der Waals surface area (Å²) in [7, 11) is 1.55. The maximum Gasteiger partial charge on any atom is 0.336 e. The van der Waals surface area contributed by atoms with Crippen molar-refractivity contribution in [2.45, 2.75) is 26.3 Å². The van der Waals surface area contributed by atoms with Gasteiger partial charge in [0.2, 0.25) is 0 Å². The van der Waals surface area contributed by atoms with E-state index < -0.39 is 17.9 Å². The molecule has 0 radical (unpaired) electrons. The summed E-state index contributed by atoms with van der Waals surface area (Å²) < 4.78 is 16.2. The molecule has 0 atom stereocenters. The zero-order chi connectivity index (χ0) is 23.1. The van der Waals surface area contributed by atoms with Gasteiger partial charge in [0.15, 0.2) is 0 Å². The van der Waals surface area contributed by atoms with Crippen molar-refractivity contribution in [1.82, 2.24) is 4.90 Å². The summed E-state index contributed by atoms with van der Waals surface area (Å²) in [6, 6.07) is 14.7. The Bertz CT molecular complexity index is 993. The molecule has 3 rings (SSSR count). The zero-order valence-corrected chi connectivity index (χ0v) is 19.1. The fraction of sp³-hybridized carbons (Fsp3) is 0.280. The monoisotopic (exact) mass is 455 g/mol. The largest absolute Gasteiger partial charge is 0.496 e. The summed E-state index contributed by atoms with van der Waals surface area (Å²) in [6.07, 6.45) is 3.43. The Labute approximate surface area is 193 Å². The van der Waals surface area contributed by atoms with Gasteiger partial charge in [0.1, 0.15) is 5.75 Å². The Balaban J connectivity index is 2.11. The van der Waals surface area contributed by atoms with Crippen LogP contribution in [0, 0.1) is 0 Å². The predicted octanol–water partition coefficient (Wildman–Crippen LogP) is 4.84. The average molecular weight is 456 g/mol. The van der Waals surface area contributed by atoms with Crippen molar-refractivity contribution < 1.29 is 23.8 Å². The van der Waals surface area contributed by atoms with Gasteiger partial charge in [-0.2, -0.15) is 0 Å². The van der Waals surface area contributed by atoms with E-state index in [0.717, 1.165) is 5.56 Å². The molecule has 0 aliphatic carbocycles. The Morgan fingerprint density at radius 2 is 1.47 bits per heavy atom. The van der Waals surface area contributed by atoms with E-state index in [4.69, 9.17) is 25.8 Å². The van der Waals surface area contributed by atoms with Gasteiger partial charge in [-0.3, -0.25) is 0 Å². The number of benzene rings is 2. The van der Waals surface area contributed by atoms with Crippen molar-refractivity contribution >= 4 is 23.5 Å². The molecule has 1 aliphatic rings. The van der Waals surface area contributed by atoms with Gasteiger partial charge in [-0.25, -0.2) is 9.59 Å². The molecule has 0 saturated carbocycles. The van der Waals surface area contributed by atoms with Gasteiger partial charge in [0.05, 0.1) is 37.4 Å². The predicted molar refractivity (Wildman–Crippen MR) is 122 cm³/mol. The topological polar surface area (TPSA) is 65.1 Å². The van der Waals surface area contributed by atoms with Crippen molar-refractivity contribution in [2.24, 2.45) is 0 Å². The minimum Gasteiger partial charge on any atom is -0.496 e. The van der Waals surface area contributed by atoms with Crippen molar-refractivity contribution in [3.63, 3.8) is 0 Å². The van der Waals surface area contributed by atoms with E-state index in [-0.39, 0.29) is 13.2 Å². The lowest BCUT2D eigenvalue weighted by atomic mass is 9.82. The molecule has 0 spiro atoms. The summed E-state index contributed by atoms with van der Waals surface area (Å²) in [5.41, 5.74) is 2.30. The third-order valence-electron chi connectivity index (χ3n) is 4.98. The number of nitrogens with zero attached hydrogens (tertiary/aromatic N) is 1. The summed E-state index contributed by atoms with van der Waals surface area (Å²) in [6.45, 7) is 4.34. The second-order valence-electron chi connectivity index (χ2n) is 7.08. The van der Waals surface area contributed by atoms with E-state index >= 15 is 0 Å². The molecule has 0 N–H and O–H groups in total. The van der Waals surface area contributed by atoms with E-state index in [2.05, 4.69) is 0 Å². The molecule has 0 saturated heterocycles. The highest BCUT2D eigenvalue weighted by Gasteiger charge is 2.37. The Kier molecular flexibility index (Phi) is 7.95. The van der Waals surface area contributed by atoms with Crippen LogP contribution in [0.1, 0.15) is 30.9 Å². The third kappa shape index (κ3) is 5.32. The minimum absolute atomic E-state index is 0.213. The van der Waals surface area contributed by atoms with Crippen LogP contribution in [0.3, 0.4) is 0 Å². The molecule has 0 amide bonds. The molecule has 7 heteroatoms. The summed E-state index contributed by atoms with van der Waals surface area (Å²) in [5, 5.41) is 0.633. The van der Waals surface area contributed by atoms with Crippen molar-refractivity contribution in [3.8, 4) is 5.75 Å². The fourth-order valence-corrected chi connectivity index (χ4v) is 3.74. The highest BCUT2D eigenvalue weighted by Crippen LogP contribution is 2.41. The number of hydrogen-bond donors (Lipinski definition) is 0. The van der Waals surface area contributed by atoms with Gasteiger partial charge in [-0.05, 0) is 37.6 Å². The lowest BCUT2D eigenvalue weighted by Gasteiger charge is -2.31. The molecule has 0 aromatic heterocycles. The molecule has 2 aromatic carbocycles. The molecule has 0 bridgehead atoms. The van der Waals surface area contributed by atoms with E-state index in [1.807, 2.05) is 30.3 Å². The lowest BCUT2D eigenvalue weighted by molar-refractivity contribution is -0.139. The molecule has 168 valence electrons. The van der Waals surface area contributed by atoms with Crippen LogP contribution in [0.4, 0.5) is 0 Å². The van der Waals surface area contributed by atoms with Gasteiger partial charge in [-0.15, -0.1) is 0 Å². The van der Waals surface area contributed by atoms with Gasteiger partial charge in [0.25, 0.3) is 0 Å². The van der Waals surface area contributed by atoms with Crippen molar-refractivity contribution in [1.29, 1.82) is 0 Å². The van der Waals surface area contributed by atoms with Crippen molar-refractivity contribution in [2.75, 3.05) is 20.3 Å². The van der Waals surface area contributed by atoms with Crippen LogP contribution in [-0.4, -0.2) is 37.2 Å². The van der Waals surface area contributed by atoms with Crippen LogP contribution in [0.15, 0.2) is 72.1 Å². The first kappa shape index (κ1) is 23.4. The Hall–Kier alpha value is -3.25. The van der Waals surface area contributed by atoms with Gasteiger partial charge >= 0.3 is 11.9 Å². The van der Waals surface area contributed by atoms with Crippen molar-refractivity contribution in [3.05, 3.63) is 88.2 Å². The van der Waals surface area contributed by atoms with E-state index in [1.54, 1.807) is 56.5 Å². The van der Waals surface area contributed by atoms with Crippen LogP contribution in [0.2, 0.25) is 5.02 Å².